The van der Waals surface area contributed by atoms with Gasteiger partial charge in [-0.05, 0) is 37.7 Å². The largest absolute Gasteiger partial charge is 0.382 e. The van der Waals surface area contributed by atoms with E-state index >= 15 is 0 Å². The molecule has 0 amide bonds. The van der Waals surface area contributed by atoms with Crippen molar-refractivity contribution in [3.05, 3.63) is 24.3 Å². The molecule has 0 saturated heterocycles. The smallest absolute Gasteiger partial charge is 0.139 e. The maximum absolute atomic E-state index is 9.07. The van der Waals surface area contributed by atoms with Crippen molar-refractivity contribution in [1.82, 2.24) is 19.5 Å². The Bertz CT molecular complexity index is 1060. The summed E-state index contributed by atoms with van der Waals surface area (Å²) in [5.41, 5.74) is 2.97. The van der Waals surface area contributed by atoms with Gasteiger partial charge >= 0.3 is 0 Å². The van der Waals surface area contributed by atoms with Crippen molar-refractivity contribution in [2.45, 2.75) is 44.6 Å². The Balaban J connectivity index is 1.35. The lowest BCUT2D eigenvalue weighted by Gasteiger charge is -2.30. The number of methoxy groups -OCH3 is 1. The van der Waals surface area contributed by atoms with Crippen molar-refractivity contribution in [2.75, 3.05) is 53.4 Å². The van der Waals surface area contributed by atoms with E-state index in [0.717, 1.165) is 60.0 Å². The Labute approximate surface area is 200 Å². The van der Waals surface area contributed by atoms with Gasteiger partial charge in [0.25, 0.3) is 0 Å². The summed E-state index contributed by atoms with van der Waals surface area (Å²) in [4.78, 5) is 12.7. The molecule has 1 N–H and O–H groups in total. The number of hydrogen-bond acceptors (Lipinski definition) is 7. The molecule has 1 aliphatic carbocycles. The summed E-state index contributed by atoms with van der Waals surface area (Å²) >= 11 is 0. The third-order valence-electron chi connectivity index (χ3n) is 6.51. The summed E-state index contributed by atoms with van der Waals surface area (Å²) in [6.45, 7) is 3.97. The Morgan fingerprint density at radius 1 is 1.03 bits per heavy atom. The number of imidazole rings is 1. The van der Waals surface area contributed by atoms with Crippen LogP contribution in [-0.2, 0) is 25.4 Å². The van der Waals surface area contributed by atoms with Gasteiger partial charge in [0.1, 0.15) is 17.0 Å². The molecule has 0 aromatic carbocycles. The lowest BCUT2D eigenvalue weighted by molar-refractivity contribution is 0.00385. The first-order chi connectivity index (χ1) is 16.8. The molecule has 9 nitrogen and oxygen atoms in total. The fourth-order valence-corrected chi connectivity index (χ4v) is 4.79. The van der Waals surface area contributed by atoms with Crippen LogP contribution in [0.4, 0.5) is 0 Å². The lowest BCUT2D eigenvalue weighted by Crippen LogP contribution is -2.20. The minimum atomic E-state index is 0.386. The zero-order valence-electron chi connectivity index (χ0n) is 20.0. The van der Waals surface area contributed by atoms with Gasteiger partial charge in [0.15, 0.2) is 0 Å². The highest BCUT2D eigenvalue weighted by atomic mass is 16.6. The minimum Gasteiger partial charge on any atom is -0.382 e. The van der Waals surface area contributed by atoms with E-state index in [1.54, 1.807) is 7.11 Å². The maximum Gasteiger partial charge on any atom is 0.139 e. The Hall–Kier alpha value is -2.51. The van der Waals surface area contributed by atoms with Gasteiger partial charge in [-0.2, -0.15) is 5.26 Å². The van der Waals surface area contributed by atoms with E-state index < -0.39 is 0 Å². The van der Waals surface area contributed by atoms with Gasteiger partial charge in [0.05, 0.1) is 64.0 Å². The Kier molecular flexibility index (Phi) is 9.27. The van der Waals surface area contributed by atoms with Gasteiger partial charge in [-0.1, -0.05) is 0 Å². The molecule has 0 aliphatic heterocycles. The number of aromatic amines is 1. The zero-order valence-corrected chi connectivity index (χ0v) is 20.0. The maximum atomic E-state index is 9.07. The van der Waals surface area contributed by atoms with Crippen molar-refractivity contribution < 1.29 is 18.9 Å². The second kappa shape index (κ2) is 12.8. The van der Waals surface area contributed by atoms with Crippen LogP contribution < -0.4 is 0 Å². The quantitative estimate of drug-likeness (QED) is 0.358. The molecular weight excluding hydrogens is 434 g/mol. The van der Waals surface area contributed by atoms with E-state index in [2.05, 4.69) is 26.7 Å². The van der Waals surface area contributed by atoms with Crippen LogP contribution in [0.1, 0.15) is 44.0 Å². The van der Waals surface area contributed by atoms with E-state index in [1.807, 2.05) is 12.4 Å². The molecule has 1 aliphatic rings. The molecule has 0 bridgehead atoms. The van der Waals surface area contributed by atoms with E-state index in [0.29, 0.717) is 64.6 Å². The third kappa shape index (κ3) is 6.13. The van der Waals surface area contributed by atoms with E-state index in [9.17, 15) is 0 Å². The van der Waals surface area contributed by atoms with Gasteiger partial charge in [0.2, 0.25) is 0 Å². The normalized spacial score (nSPS) is 18.6. The van der Waals surface area contributed by atoms with Crippen LogP contribution >= 0.6 is 0 Å². The third-order valence-corrected chi connectivity index (χ3v) is 6.51. The molecule has 3 heterocycles. The Morgan fingerprint density at radius 3 is 2.44 bits per heavy atom. The zero-order chi connectivity index (χ0) is 23.6. The van der Waals surface area contributed by atoms with Crippen LogP contribution in [0.5, 0.6) is 0 Å². The van der Waals surface area contributed by atoms with Gasteiger partial charge in [-0.25, -0.2) is 9.97 Å². The van der Waals surface area contributed by atoms with E-state index in [1.165, 1.54) is 0 Å². The van der Waals surface area contributed by atoms with Crippen LogP contribution in [0.25, 0.3) is 22.1 Å². The SMILES string of the molecule is COCCOCCOCCOCCc1nc2cnc3[nH]ccc3c2n1C1CCC(CC#N)CC1. The highest BCUT2D eigenvalue weighted by Gasteiger charge is 2.26. The molecule has 3 aromatic heterocycles. The minimum absolute atomic E-state index is 0.386. The van der Waals surface area contributed by atoms with Gasteiger partial charge in [-0.3, -0.25) is 0 Å². The summed E-state index contributed by atoms with van der Waals surface area (Å²) in [7, 11) is 1.66. The van der Waals surface area contributed by atoms with Gasteiger partial charge in [-0.15, -0.1) is 0 Å². The number of pyridine rings is 1. The molecule has 0 spiro atoms. The van der Waals surface area contributed by atoms with Crippen molar-refractivity contribution in [1.29, 1.82) is 5.26 Å². The predicted octanol–water partition coefficient (Wildman–Crippen LogP) is 3.80. The molecule has 34 heavy (non-hydrogen) atoms. The number of hydrogen-bond donors (Lipinski definition) is 1. The summed E-state index contributed by atoms with van der Waals surface area (Å²) in [6, 6.07) is 4.81. The standard InChI is InChI=1S/C25H35N5O4/c1-31-12-13-33-16-17-34-15-14-32-11-8-23-29-22-18-28-25-21(7-10-27-25)24(22)30(23)20-4-2-19(3-5-20)6-9-26/h7,10,18-20H,2-6,8,11-17H2,1H3,(H,27,28). The molecule has 0 radical (unpaired) electrons. The number of nitrogens with zero attached hydrogens (tertiary/aromatic N) is 4. The molecular formula is C25H35N5O4. The first-order valence-electron chi connectivity index (χ1n) is 12.2. The van der Waals surface area contributed by atoms with Crippen molar-refractivity contribution in [3.8, 4) is 6.07 Å². The summed E-state index contributed by atoms with van der Waals surface area (Å²) in [6.07, 6.45) is 9.50. The van der Waals surface area contributed by atoms with E-state index in [4.69, 9.17) is 29.2 Å². The fraction of sp³-hybridized carbons (Fsp3) is 0.640. The van der Waals surface area contributed by atoms with Gasteiger partial charge in [0, 0.05) is 37.6 Å². The molecule has 4 rings (SSSR count). The van der Waals surface area contributed by atoms with Crippen LogP contribution in [0.2, 0.25) is 0 Å². The molecule has 184 valence electrons. The van der Waals surface area contributed by atoms with Crippen molar-refractivity contribution in [3.63, 3.8) is 0 Å². The number of nitriles is 1. The molecule has 0 unspecified atom stereocenters. The number of rotatable bonds is 14. The van der Waals surface area contributed by atoms with Crippen molar-refractivity contribution >= 4 is 22.1 Å². The number of aromatic nitrogens is 4. The molecule has 9 heteroatoms. The number of H-pyrrole nitrogens is 1. The van der Waals surface area contributed by atoms with Gasteiger partial charge < -0.3 is 28.5 Å². The predicted molar refractivity (Wildman–Crippen MR) is 129 cm³/mol. The van der Waals surface area contributed by atoms with Crippen molar-refractivity contribution in [2.24, 2.45) is 5.92 Å². The van der Waals surface area contributed by atoms with Crippen LogP contribution in [0, 0.1) is 17.2 Å². The lowest BCUT2D eigenvalue weighted by atomic mass is 9.84. The molecule has 3 aromatic rings. The number of ether oxygens (including phenoxy) is 4. The second-order valence-electron chi connectivity index (χ2n) is 8.75. The highest BCUT2D eigenvalue weighted by molar-refractivity contribution is 6.01. The monoisotopic (exact) mass is 469 g/mol. The number of fused-ring (bicyclic) bond motifs is 3. The second-order valence-corrected chi connectivity index (χ2v) is 8.75. The van der Waals surface area contributed by atoms with Crippen LogP contribution in [0.15, 0.2) is 18.5 Å². The summed E-state index contributed by atoms with van der Waals surface area (Å²) in [5, 5.41) is 10.2. The van der Waals surface area contributed by atoms with Crippen LogP contribution in [0.3, 0.4) is 0 Å². The average molecular weight is 470 g/mol. The summed E-state index contributed by atoms with van der Waals surface area (Å²) in [5.74, 6) is 1.56. The first kappa shape index (κ1) is 24.6. The van der Waals surface area contributed by atoms with Crippen LogP contribution in [-0.4, -0.2) is 72.9 Å². The topological polar surface area (TPSA) is 107 Å². The Morgan fingerprint density at radius 2 is 1.74 bits per heavy atom. The molecule has 0 atom stereocenters. The fourth-order valence-electron chi connectivity index (χ4n) is 4.79. The average Bonchev–Trinajstić information content (AvgIpc) is 3.47. The highest BCUT2D eigenvalue weighted by Crippen LogP contribution is 2.37. The number of nitrogens with one attached hydrogen (secondary N) is 1. The molecule has 1 saturated carbocycles. The van der Waals surface area contributed by atoms with E-state index in [-0.39, 0.29) is 0 Å². The molecule has 1 fully saturated rings. The summed E-state index contributed by atoms with van der Waals surface area (Å²) < 4.78 is 24.1. The first-order valence-corrected chi connectivity index (χ1v) is 12.2.